The number of nitrogens with one attached hydrogen (secondary N) is 1. The van der Waals surface area contributed by atoms with Gasteiger partial charge in [0.25, 0.3) is 0 Å². The molecule has 0 saturated carbocycles. The molecule has 27 heavy (non-hydrogen) atoms. The smallest absolute Gasteiger partial charge is 0.355 e. The number of anilines is 2. The van der Waals surface area contributed by atoms with Crippen molar-refractivity contribution in [2.24, 2.45) is 0 Å². The molecule has 7 heteroatoms. The third kappa shape index (κ3) is 3.50. The molecule has 2 aromatic carbocycles. The lowest BCUT2D eigenvalue weighted by Gasteiger charge is -2.10. The van der Waals surface area contributed by atoms with E-state index in [2.05, 4.69) is 36.2 Å². The lowest BCUT2D eigenvalue weighted by Crippen LogP contribution is -2.06. The van der Waals surface area contributed by atoms with Crippen molar-refractivity contribution in [1.82, 2.24) is 15.0 Å². The maximum atomic E-state index is 11.8. The first-order valence-corrected chi connectivity index (χ1v) is 8.89. The lowest BCUT2D eigenvalue weighted by molar-refractivity contribution is 0.0692. The highest BCUT2D eigenvalue weighted by atomic mass is 79.9. The number of nitrogens with zero attached hydrogens (tertiary/aromatic N) is 3. The first-order valence-electron chi connectivity index (χ1n) is 8.10. The van der Waals surface area contributed by atoms with Gasteiger partial charge in [-0.25, -0.2) is 14.8 Å². The van der Waals surface area contributed by atoms with E-state index in [1.54, 1.807) is 12.3 Å². The van der Waals surface area contributed by atoms with Crippen LogP contribution in [0.5, 0.6) is 0 Å². The van der Waals surface area contributed by atoms with E-state index in [-0.39, 0.29) is 5.69 Å². The van der Waals surface area contributed by atoms with Crippen LogP contribution in [0.4, 0.5) is 11.6 Å². The maximum Gasteiger partial charge on any atom is 0.355 e. The number of para-hydroxylation sites is 1. The van der Waals surface area contributed by atoms with Gasteiger partial charge in [-0.3, -0.25) is 0 Å². The predicted octanol–water partition coefficient (Wildman–Crippen LogP) is 4.90. The second-order valence-electron chi connectivity index (χ2n) is 5.77. The number of carboxylic acid groups (broad SMARTS) is 1. The molecular weight excluding hydrogens is 408 g/mol. The minimum absolute atomic E-state index is 0.0567. The largest absolute Gasteiger partial charge is 0.476 e. The zero-order valence-corrected chi connectivity index (χ0v) is 15.5. The third-order valence-corrected chi connectivity index (χ3v) is 4.66. The van der Waals surface area contributed by atoms with Gasteiger partial charge in [0, 0.05) is 27.3 Å². The molecule has 2 heterocycles. The molecular formula is C20H13BrN4O2. The van der Waals surface area contributed by atoms with Crippen LogP contribution in [0.2, 0.25) is 0 Å². The van der Waals surface area contributed by atoms with Crippen molar-refractivity contribution in [1.29, 1.82) is 0 Å². The molecule has 0 amide bonds. The van der Waals surface area contributed by atoms with Gasteiger partial charge in [0.2, 0.25) is 5.95 Å². The van der Waals surface area contributed by atoms with E-state index in [0.29, 0.717) is 22.5 Å². The summed E-state index contributed by atoms with van der Waals surface area (Å²) in [5.41, 5.74) is 2.35. The van der Waals surface area contributed by atoms with Crippen LogP contribution in [0.25, 0.3) is 22.2 Å². The molecule has 0 aliphatic carbocycles. The molecule has 0 radical (unpaired) electrons. The van der Waals surface area contributed by atoms with E-state index in [0.717, 1.165) is 15.7 Å². The van der Waals surface area contributed by atoms with Gasteiger partial charge in [-0.1, -0.05) is 52.3 Å². The Hall–Kier alpha value is -3.32. The van der Waals surface area contributed by atoms with Gasteiger partial charge in [0.15, 0.2) is 11.3 Å². The number of halogens is 1. The van der Waals surface area contributed by atoms with Crippen LogP contribution >= 0.6 is 15.9 Å². The Balaban J connectivity index is 1.83. The Morgan fingerprint density at radius 3 is 2.44 bits per heavy atom. The van der Waals surface area contributed by atoms with Crippen LogP contribution in [-0.2, 0) is 0 Å². The van der Waals surface area contributed by atoms with Crippen molar-refractivity contribution < 1.29 is 9.90 Å². The number of benzene rings is 2. The zero-order valence-electron chi connectivity index (χ0n) is 13.9. The van der Waals surface area contributed by atoms with Gasteiger partial charge in [-0.2, -0.15) is 4.98 Å². The van der Waals surface area contributed by atoms with Crippen molar-refractivity contribution in [2.75, 3.05) is 5.32 Å². The fraction of sp³-hybridized carbons (Fsp3) is 0. The number of aromatic carboxylic acids is 1. The lowest BCUT2D eigenvalue weighted by atomic mass is 10.0. The molecule has 0 spiro atoms. The normalized spacial score (nSPS) is 10.7. The van der Waals surface area contributed by atoms with E-state index in [1.165, 1.54) is 0 Å². The number of fused-ring (bicyclic) bond motifs is 1. The zero-order chi connectivity index (χ0) is 18.8. The monoisotopic (exact) mass is 420 g/mol. The predicted molar refractivity (Wildman–Crippen MR) is 107 cm³/mol. The summed E-state index contributed by atoms with van der Waals surface area (Å²) in [5, 5.41) is 13.4. The molecule has 0 aliphatic heterocycles. The molecule has 4 aromatic rings. The van der Waals surface area contributed by atoms with E-state index < -0.39 is 5.97 Å². The molecule has 0 unspecified atom stereocenters. The Bertz CT molecular complexity index is 1150. The SMILES string of the molecule is O=C(O)c1nc2nc(Nc3ccccc3)ncc2cc1-c1ccccc1Br. The van der Waals surface area contributed by atoms with Crippen LogP contribution in [0.15, 0.2) is 71.3 Å². The quantitative estimate of drug-likeness (QED) is 0.488. The average Bonchev–Trinajstić information content (AvgIpc) is 2.68. The Morgan fingerprint density at radius 1 is 0.963 bits per heavy atom. The van der Waals surface area contributed by atoms with E-state index in [4.69, 9.17) is 0 Å². The van der Waals surface area contributed by atoms with Gasteiger partial charge in [0.1, 0.15) is 0 Å². The van der Waals surface area contributed by atoms with Crippen molar-refractivity contribution >= 4 is 44.6 Å². The molecule has 2 N–H and O–H groups in total. The highest BCUT2D eigenvalue weighted by Crippen LogP contribution is 2.32. The number of hydrogen-bond acceptors (Lipinski definition) is 5. The van der Waals surface area contributed by atoms with Crippen molar-refractivity contribution in [3.05, 3.63) is 77.0 Å². The Kier molecular flexibility index (Phi) is 4.52. The van der Waals surface area contributed by atoms with Crippen molar-refractivity contribution in [3.8, 4) is 11.1 Å². The van der Waals surface area contributed by atoms with Gasteiger partial charge in [-0.15, -0.1) is 0 Å². The molecule has 0 bridgehead atoms. The summed E-state index contributed by atoms with van der Waals surface area (Å²) < 4.78 is 0.789. The van der Waals surface area contributed by atoms with Gasteiger partial charge < -0.3 is 10.4 Å². The standard InChI is InChI=1S/C20H13BrN4O2/c21-16-9-5-4-8-14(16)15-10-12-11-22-20(23-13-6-2-1-3-7-13)25-18(12)24-17(15)19(26)27/h1-11H,(H,26,27)(H,22,23,24,25). The number of rotatable bonds is 4. The van der Waals surface area contributed by atoms with E-state index in [9.17, 15) is 9.90 Å². The summed E-state index contributed by atoms with van der Waals surface area (Å²) in [6.45, 7) is 0. The van der Waals surface area contributed by atoms with E-state index >= 15 is 0 Å². The highest BCUT2D eigenvalue weighted by Gasteiger charge is 2.18. The third-order valence-electron chi connectivity index (χ3n) is 3.97. The molecule has 4 rings (SSSR count). The summed E-state index contributed by atoms with van der Waals surface area (Å²) >= 11 is 3.47. The van der Waals surface area contributed by atoms with Gasteiger partial charge in [-0.05, 0) is 29.8 Å². The fourth-order valence-corrected chi connectivity index (χ4v) is 3.22. The first-order chi connectivity index (χ1) is 13.1. The second kappa shape index (κ2) is 7.13. The molecule has 2 aromatic heterocycles. The van der Waals surface area contributed by atoms with Crippen LogP contribution in [-0.4, -0.2) is 26.0 Å². The minimum Gasteiger partial charge on any atom is -0.476 e. The van der Waals surface area contributed by atoms with Crippen LogP contribution in [0.1, 0.15) is 10.5 Å². The highest BCUT2D eigenvalue weighted by molar-refractivity contribution is 9.10. The Morgan fingerprint density at radius 2 is 1.70 bits per heavy atom. The first kappa shape index (κ1) is 17.1. The maximum absolute atomic E-state index is 11.8. The molecule has 132 valence electrons. The molecule has 0 atom stereocenters. The number of aromatic nitrogens is 3. The second-order valence-corrected chi connectivity index (χ2v) is 6.62. The number of hydrogen-bond donors (Lipinski definition) is 2. The summed E-state index contributed by atoms with van der Waals surface area (Å²) in [6.07, 6.45) is 1.63. The average molecular weight is 421 g/mol. The number of carbonyl (C=O) groups is 1. The van der Waals surface area contributed by atoms with E-state index in [1.807, 2.05) is 54.6 Å². The summed E-state index contributed by atoms with van der Waals surface area (Å²) in [4.78, 5) is 24.7. The van der Waals surface area contributed by atoms with Crippen LogP contribution < -0.4 is 5.32 Å². The van der Waals surface area contributed by atoms with Crippen LogP contribution in [0, 0.1) is 0 Å². The van der Waals surface area contributed by atoms with Gasteiger partial charge >= 0.3 is 5.97 Å². The topological polar surface area (TPSA) is 88.0 Å². The summed E-state index contributed by atoms with van der Waals surface area (Å²) in [5.74, 6) is -0.759. The molecule has 6 nitrogen and oxygen atoms in total. The van der Waals surface area contributed by atoms with Crippen molar-refractivity contribution in [3.63, 3.8) is 0 Å². The minimum atomic E-state index is -1.11. The van der Waals surface area contributed by atoms with Crippen molar-refractivity contribution in [2.45, 2.75) is 0 Å². The Labute approximate surface area is 163 Å². The van der Waals surface area contributed by atoms with Gasteiger partial charge in [0.05, 0.1) is 0 Å². The molecule has 0 aliphatic rings. The summed E-state index contributed by atoms with van der Waals surface area (Å²) in [6, 6.07) is 18.6. The van der Waals surface area contributed by atoms with Crippen LogP contribution in [0.3, 0.4) is 0 Å². The fourth-order valence-electron chi connectivity index (χ4n) is 2.72. The number of pyridine rings is 1. The summed E-state index contributed by atoms with van der Waals surface area (Å²) in [7, 11) is 0. The molecule has 0 fully saturated rings. The number of carboxylic acids is 1. The molecule has 0 saturated heterocycles.